The van der Waals surface area contributed by atoms with Gasteiger partial charge in [-0.05, 0) is 36.5 Å². The third-order valence-corrected chi connectivity index (χ3v) is 10.4. The van der Waals surface area contributed by atoms with Gasteiger partial charge in [0, 0.05) is 0 Å². The first-order valence-electron chi connectivity index (χ1n) is 6.23. The average Bonchev–Trinajstić information content (AvgIpc) is 2.21. The molecule has 0 unspecified atom stereocenters. The van der Waals surface area contributed by atoms with Crippen LogP contribution in [0.1, 0.15) is 47.5 Å². The molecule has 86 valence electrons. The minimum absolute atomic E-state index is 0.352. The lowest BCUT2D eigenvalue weighted by Gasteiger charge is -2.32. The summed E-state index contributed by atoms with van der Waals surface area (Å²) in [4.78, 5) is 0. The molecular formula is C12H28P2. The third-order valence-electron chi connectivity index (χ3n) is 3.01. The average molecular weight is 234 g/mol. The van der Waals surface area contributed by atoms with Crippen molar-refractivity contribution in [1.29, 1.82) is 0 Å². The SMILES string of the molecule is CCCC(P(CC)CC)P(CC)CC. The molecule has 0 spiro atoms. The Balaban J connectivity index is 4.36. The van der Waals surface area contributed by atoms with E-state index in [1.165, 1.54) is 37.5 Å². The first-order valence-corrected chi connectivity index (χ1v) is 9.79. The summed E-state index contributed by atoms with van der Waals surface area (Å²) in [5.41, 5.74) is 0. The van der Waals surface area contributed by atoms with Gasteiger partial charge in [-0.2, -0.15) is 0 Å². The van der Waals surface area contributed by atoms with Crippen LogP contribution in [0.3, 0.4) is 0 Å². The Morgan fingerprint density at radius 1 is 0.714 bits per heavy atom. The van der Waals surface area contributed by atoms with Gasteiger partial charge in [0.15, 0.2) is 0 Å². The Morgan fingerprint density at radius 2 is 1.07 bits per heavy atom. The second-order valence-electron chi connectivity index (χ2n) is 3.71. The van der Waals surface area contributed by atoms with Gasteiger partial charge < -0.3 is 0 Å². The van der Waals surface area contributed by atoms with E-state index in [0.29, 0.717) is 15.8 Å². The van der Waals surface area contributed by atoms with E-state index in [4.69, 9.17) is 0 Å². The highest BCUT2D eigenvalue weighted by atomic mass is 31.2. The van der Waals surface area contributed by atoms with Crippen molar-refractivity contribution in [2.24, 2.45) is 0 Å². The van der Waals surface area contributed by atoms with Crippen molar-refractivity contribution >= 4 is 15.8 Å². The number of rotatable bonds is 8. The topological polar surface area (TPSA) is 0 Å². The van der Waals surface area contributed by atoms with Crippen molar-refractivity contribution in [3.63, 3.8) is 0 Å². The van der Waals surface area contributed by atoms with E-state index in [1.54, 1.807) is 0 Å². The van der Waals surface area contributed by atoms with Crippen LogP contribution in [-0.2, 0) is 0 Å². The summed E-state index contributed by atoms with van der Waals surface area (Å²) in [5.74, 6) is 0. The molecule has 0 aliphatic heterocycles. The predicted molar refractivity (Wildman–Crippen MR) is 74.7 cm³/mol. The second-order valence-corrected chi connectivity index (χ2v) is 10.3. The molecule has 0 saturated heterocycles. The summed E-state index contributed by atoms with van der Waals surface area (Å²) in [7, 11) is 0.704. The highest BCUT2D eigenvalue weighted by molar-refractivity contribution is 7.75. The zero-order valence-corrected chi connectivity index (χ0v) is 12.5. The van der Waals surface area contributed by atoms with Gasteiger partial charge in [-0.15, -0.1) is 0 Å². The molecule has 0 N–H and O–H groups in total. The lowest BCUT2D eigenvalue weighted by atomic mass is 10.4. The van der Waals surface area contributed by atoms with Crippen LogP contribution < -0.4 is 0 Å². The Labute approximate surface area is 93.8 Å². The minimum atomic E-state index is 0.352. The molecule has 0 heterocycles. The van der Waals surface area contributed by atoms with Crippen molar-refractivity contribution < 1.29 is 0 Å². The summed E-state index contributed by atoms with van der Waals surface area (Å²) in [6, 6.07) is 0. The monoisotopic (exact) mass is 234 g/mol. The van der Waals surface area contributed by atoms with Crippen molar-refractivity contribution in [3.05, 3.63) is 0 Å². The zero-order chi connectivity index (χ0) is 11.0. The Kier molecular flexibility index (Phi) is 9.67. The van der Waals surface area contributed by atoms with Gasteiger partial charge in [-0.25, -0.2) is 0 Å². The molecule has 0 radical (unpaired) electrons. The zero-order valence-electron chi connectivity index (χ0n) is 10.7. The lowest BCUT2D eigenvalue weighted by Crippen LogP contribution is -2.09. The van der Waals surface area contributed by atoms with Crippen LogP contribution >= 0.6 is 15.8 Å². The molecule has 0 nitrogen and oxygen atoms in total. The van der Waals surface area contributed by atoms with E-state index in [9.17, 15) is 0 Å². The molecule has 0 rings (SSSR count). The molecule has 2 heteroatoms. The Morgan fingerprint density at radius 3 is 1.29 bits per heavy atom. The van der Waals surface area contributed by atoms with Crippen LogP contribution in [0, 0.1) is 0 Å². The van der Waals surface area contributed by atoms with E-state index in [-0.39, 0.29) is 0 Å². The quantitative estimate of drug-likeness (QED) is 0.509. The van der Waals surface area contributed by atoms with Crippen LogP contribution in [0.2, 0.25) is 0 Å². The van der Waals surface area contributed by atoms with E-state index in [0.717, 1.165) is 5.40 Å². The summed E-state index contributed by atoms with van der Waals surface area (Å²) < 4.78 is 0. The molecule has 0 saturated carbocycles. The van der Waals surface area contributed by atoms with Crippen molar-refractivity contribution in [1.82, 2.24) is 0 Å². The third kappa shape index (κ3) is 4.59. The van der Waals surface area contributed by atoms with Gasteiger partial charge in [-0.1, -0.05) is 56.9 Å². The summed E-state index contributed by atoms with van der Waals surface area (Å²) in [6.07, 6.45) is 8.71. The number of hydrogen-bond acceptors (Lipinski definition) is 0. The van der Waals surface area contributed by atoms with Crippen LogP contribution in [0.25, 0.3) is 0 Å². The Bertz CT molecular complexity index is 105. The molecule has 0 atom stereocenters. The molecule has 0 aromatic carbocycles. The normalized spacial score (nSPS) is 12.0. The van der Waals surface area contributed by atoms with Gasteiger partial charge in [0.2, 0.25) is 0 Å². The van der Waals surface area contributed by atoms with Crippen LogP contribution in [0.4, 0.5) is 0 Å². The fourth-order valence-corrected chi connectivity index (χ4v) is 9.78. The molecule has 0 fully saturated rings. The molecule has 0 aromatic rings. The van der Waals surface area contributed by atoms with Gasteiger partial charge in [0.25, 0.3) is 0 Å². The first kappa shape index (κ1) is 14.9. The fraction of sp³-hybridized carbons (Fsp3) is 1.00. The van der Waals surface area contributed by atoms with E-state index >= 15 is 0 Å². The summed E-state index contributed by atoms with van der Waals surface area (Å²) in [5, 5.41) is 1.12. The molecule has 0 aliphatic rings. The van der Waals surface area contributed by atoms with Gasteiger partial charge >= 0.3 is 0 Å². The van der Waals surface area contributed by atoms with Crippen molar-refractivity contribution in [2.45, 2.75) is 52.9 Å². The summed E-state index contributed by atoms with van der Waals surface area (Å²) >= 11 is 0. The molecule has 14 heavy (non-hydrogen) atoms. The Hall–Kier alpha value is 0.860. The van der Waals surface area contributed by atoms with E-state index in [2.05, 4.69) is 34.6 Å². The van der Waals surface area contributed by atoms with Gasteiger partial charge in [0.05, 0.1) is 0 Å². The molecule has 0 bridgehead atoms. The second kappa shape index (κ2) is 9.11. The van der Waals surface area contributed by atoms with Crippen LogP contribution in [-0.4, -0.2) is 30.0 Å². The first-order chi connectivity index (χ1) is 6.74. The number of hydrogen-bond donors (Lipinski definition) is 0. The predicted octanol–water partition coefficient (Wildman–Crippen LogP) is 5.16. The smallest absolute Gasteiger partial charge is 0.000630 e. The highest BCUT2D eigenvalue weighted by Gasteiger charge is 2.23. The maximum absolute atomic E-state index is 2.40. The largest absolute Gasteiger partial charge is 0.0997 e. The van der Waals surface area contributed by atoms with Crippen LogP contribution in [0.15, 0.2) is 0 Å². The van der Waals surface area contributed by atoms with Crippen molar-refractivity contribution in [3.8, 4) is 0 Å². The lowest BCUT2D eigenvalue weighted by molar-refractivity contribution is 0.852. The van der Waals surface area contributed by atoms with Gasteiger partial charge in [0.1, 0.15) is 0 Å². The fourth-order valence-electron chi connectivity index (χ4n) is 2.14. The van der Waals surface area contributed by atoms with Crippen LogP contribution in [0.5, 0.6) is 0 Å². The van der Waals surface area contributed by atoms with Gasteiger partial charge in [-0.3, -0.25) is 0 Å². The molecule has 0 amide bonds. The molecular weight excluding hydrogens is 206 g/mol. The standard InChI is InChI=1S/C12H28P2/c1-6-11-12(13(7-2)8-3)14(9-4)10-5/h12H,6-11H2,1-5H3. The molecule has 0 aromatic heterocycles. The van der Waals surface area contributed by atoms with E-state index in [1.807, 2.05) is 0 Å². The van der Waals surface area contributed by atoms with Crippen molar-refractivity contribution in [2.75, 3.05) is 24.6 Å². The maximum Gasteiger partial charge on any atom is -0.000630 e. The maximum atomic E-state index is 2.40. The van der Waals surface area contributed by atoms with E-state index < -0.39 is 0 Å². The summed E-state index contributed by atoms with van der Waals surface area (Å²) in [6.45, 7) is 11.9. The molecule has 0 aliphatic carbocycles. The highest BCUT2D eigenvalue weighted by Crippen LogP contribution is 2.59. The minimum Gasteiger partial charge on any atom is -0.0997 e.